The quantitative estimate of drug-likeness (QED) is 0.515. The second kappa shape index (κ2) is 9.60. The van der Waals surface area contributed by atoms with Crippen LogP contribution in [0.4, 0.5) is 0 Å². The lowest BCUT2D eigenvalue weighted by Crippen LogP contribution is -2.32. The van der Waals surface area contributed by atoms with Crippen molar-refractivity contribution in [2.75, 3.05) is 0 Å². The van der Waals surface area contributed by atoms with E-state index in [1.165, 1.54) is 6.20 Å². The van der Waals surface area contributed by atoms with Gasteiger partial charge in [-0.3, -0.25) is 0 Å². The number of carboxylic acids is 2. The lowest BCUT2D eigenvalue weighted by Gasteiger charge is -2.30. The molecule has 0 aliphatic carbocycles. The fraction of sp³-hybridized carbons (Fsp3) is 0.182. The van der Waals surface area contributed by atoms with Crippen LogP contribution in [0.25, 0.3) is 0 Å². The van der Waals surface area contributed by atoms with E-state index in [1.807, 2.05) is 37.3 Å². The predicted molar refractivity (Wildman–Crippen MR) is 120 cm³/mol. The largest absolute Gasteiger partial charge is 0.478 e. The zero-order chi connectivity index (χ0) is 21.8. The maximum absolute atomic E-state index is 12.3. The van der Waals surface area contributed by atoms with E-state index in [1.54, 1.807) is 30.0 Å². The van der Waals surface area contributed by atoms with E-state index in [9.17, 15) is 19.8 Å². The molecular formula is C22H19Cl2NO4S. The van der Waals surface area contributed by atoms with Crippen molar-refractivity contribution in [2.24, 2.45) is 0 Å². The van der Waals surface area contributed by atoms with Gasteiger partial charge in [0, 0.05) is 38.5 Å². The van der Waals surface area contributed by atoms with Crippen molar-refractivity contribution >= 4 is 46.9 Å². The first-order valence-electron chi connectivity index (χ1n) is 9.08. The number of benzene rings is 2. The number of thioether (sulfide) groups is 1. The summed E-state index contributed by atoms with van der Waals surface area (Å²) in [5.74, 6) is -2.90. The molecule has 0 spiro atoms. The molecule has 2 atom stereocenters. The normalized spacial score (nSPS) is 17.2. The van der Waals surface area contributed by atoms with E-state index in [2.05, 4.69) is 5.32 Å². The molecule has 156 valence electrons. The van der Waals surface area contributed by atoms with Crippen LogP contribution < -0.4 is 5.32 Å². The molecule has 0 amide bonds. The molecule has 1 heterocycles. The average molecular weight is 464 g/mol. The number of nitrogens with one attached hydrogen (secondary N) is 1. The number of hydrogen-bond donors (Lipinski definition) is 3. The number of carboxylic acid groups (broad SMARTS) is 2. The average Bonchev–Trinajstić information content (AvgIpc) is 2.71. The monoisotopic (exact) mass is 463 g/mol. The second-order valence-corrected chi connectivity index (χ2v) is 8.83. The van der Waals surface area contributed by atoms with E-state index < -0.39 is 17.9 Å². The molecule has 3 N–H and O–H groups in total. The predicted octanol–water partition coefficient (Wildman–Crippen LogP) is 5.31. The summed E-state index contributed by atoms with van der Waals surface area (Å²) in [5, 5.41) is 22.8. The molecule has 0 fully saturated rings. The molecule has 2 aromatic carbocycles. The van der Waals surface area contributed by atoms with Crippen LogP contribution >= 0.6 is 35.0 Å². The third-order valence-corrected chi connectivity index (χ3v) is 6.68. The summed E-state index contributed by atoms with van der Waals surface area (Å²) in [5.41, 5.74) is 1.60. The molecule has 3 rings (SSSR count). The molecule has 1 aliphatic heterocycles. The van der Waals surface area contributed by atoms with Gasteiger partial charge in [0.05, 0.1) is 17.1 Å². The molecule has 0 aromatic heterocycles. The topological polar surface area (TPSA) is 86.6 Å². The molecule has 0 saturated heterocycles. The Morgan fingerprint density at radius 3 is 2.23 bits per heavy atom. The van der Waals surface area contributed by atoms with Crippen molar-refractivity contribution in [1.29, 1.82) is 0 Å². The Morgan fingerprint density at radius 2 is 1.67 bits per heavy atom. The number of carbonyl (C=O) groups is 2. The number of halogens is 2. The van der Waals surface area contributed by atoms with E-state index in [0.717, 1.165) is 5.56 Å². The molecular weight excluding hydrogens is 445 g/mol. The van der Waals surface area contributed by atoms with Crippen molar-refractivity contribution in [1.82, 2.24) is 5.32 Å². The molecule has 2 aromatic rings. The molecule has 2 unspecified atom stereocenters. The maximum atomic E-state index is 12.3. The van der Waals surface area contributed by atoms with E-state index >= 15 is 0 Å². The van der Waals surface area contributed by atoms with Gasteiger partial charge in [-0.15, -0.1) is 11.8 Å². The van der Waals surface area contributed by atoms with Crippen molar-refractivity contribution in [3.63, 3.8) is 0 Å². The van der Waals surface area contributed by atoms with Gasteiger partial charge in [-0.2, -0.15) is 0 Å². The van der Waals surface area contributed by atoms with Gasteiger partial charge in [-0.05, 0) is 24.6 Å². The van der Waals surface area contributed by atoms with E-state index in [4.69, 9.17) is 23.2 Å². The van der Waals surface area contributed by atoms with Crippen molar-refractivity contribution in [2.45, 2.75) is 23.8 Å². The number of rotatable bonds is 7. The van der Waals surface area contributed by atoms with Gasteiger partial charge in [0.25, 0.3) is 0 Å². The van der Waals surface area contributed by atoms with Crippen LogP contribution in [0.5, 0.6) is 0 Å². The number of hydrogen-bond acceptors (Lipinski definition) is 4. The van der Waals surface area contributed by atoms with Crippen LogP contribution in [0.3, 0.4) is 0 Å². The van der Waals surface area contributed by atoms with Crippen molar-refractivity contribution in [3.8, 4) is 0 Å². The second-order valence-electron chi connectivity index (χ2n) is 6.69. The zero-order valence-electron chi connectivity index (χ0n) is 15.9. The Labute approximate surface area is 188 Å². The molecule has 0 saturated carbocycles. The van der Waals surface area contributed by atoms with Gasteiger partial charge < -0.3 is 15.5 Å². The minimum absolute atomic E-state index is 0.0713. The van der Waals surface area contributed by atoms with Crippen LogP contribution in [0.2, 0.25) is 10.0 Å². The summed E-state index contributed by atoms with van der Waals surface area (Å²) in [6, 6.07) is 14.6. The Balaban J connectivity index is 2.05. The van der Waals surface area contributed by atoms with Crippen LogP contribution in [-0.2, 0) is 15.3 Å². The van der Waals surface area contributed by atoms with Crippen LogP contribution in [-0.4, -0.2) is 27.4 Å². The summed E-state index contributed by atoms with van der Waals surface area (Å²) in [6.07, 6.45) is 1.33. The minimum Gasteiger partial charge on any atom is -0.478 e. The molecule has 8 heteroatoms. The van der Waals surface area contributed by atoms with Crippen LogP contribution in [0.1, 0.15) is 24.0 Å². The fourth-order valence-electron chi connectivity index (χ4n) is 3.35. The van der Waals surface area contributed by atoms with Crippen molar-refractivity contribution < 1.29 is 19.8 Å². The summed E-state index contributed by atoms with van der Waals surface area (Å²) in [6.45, 7) is 1.88. The first-order chi connectivity index (χ1) is 14.3. The Bertz CT molecular complexity index is 1020. The Morgan fingerprint density at radius 1 is 1.03 bits per heavy atom. The fourth-order valence-corrected chi connectivity index (χ4v) is 4.97. The van der Waals surface area contributed by atoms with Gasteiger partial charge in [0.15, 0.2) is 0 Å². The summed E-state index contributed by atoms with van der Waals surface area (Å²) >= 11 is 14.2. The zero-order valence-corrected chi connectivity index (χ0v) is 18.3. The summed E-state index contributed by atoms with van der Waals surface area (Å²) < 4.78 is 0. The number of dihydropyridines is 1. The number of aliphatic carboxylic acids is 2. The SMILES string of the molecule is CC(SCc1ccccc1)C1=C(C(=O)O)C(c2c(Cl)cccc2Cl)C(C(=O)O)=CN1. The van der Waals surface area contributed by atoms with E-state index in [0.29, 0.717) is 11.4 Å². The summed E-state index contributed by atoms with van der Waals surface area (Å²) in [4.78, 5) is 24.2. The molecule has 0 bridgehead atoms. The summed E-state index contributed by atoms with van der Waals surface area (Å²) in [7, 11) is 0. The minimum atomic E-state index is -1.24. The highest BCUT2D eigenvalue weighted by atomic mass is 35.5. The van der Waals surface area contributed by atoms with Crippen LogP contribution in [0, 0.1) is 0 Å². The third-order valence-electron chi connectivity index (χ3n) is 4.79. The highest BCUT2D eigenvalue weighted by Crippen LogP contribution is 2.44. The lowest BCUT2D eigenvalue weighted by atomic mass is 9.81. The van der Waals surface area contributed by atoms with Gasteiger partial charge >= 0.3 is 11.9 Å². The van der Waals surface area contributed by atoms with Crippen molar-refractivity contribution in [3.05, 3.63) is 92.7 Å². The Kier molecular flexibility index (Phi) is 7.13. The first kappa shape index (κ1) is 22.3. The van der Waals surface area contributed by atoms with Gasteiger partial charge in [0.2, 0.25) is 0 Å². The third kappa shape index (κ3) is 4.67. The standard InChI is InChI=1S/C22H19Cl2NO4S/c1-12(30-11-13-6-3-2-4-7-13)20-19(22(28)29)17(14(10-25-20)21(26)27)18-15(23)8-5-9-16(18)24/h2-10,12,17,25H,11H2,1H3,(H,26,27)(H,28,29). The van der Waals surface area contributed by atoms with Gasteiger partial charge in [-0.25, -0.2) is 9.59 Å². The van der Waals surface area contributed by atoms with E-state index in [-0.39, 0.29) is 32.0 Å². The molecule has 5 nitrogen and oxygen atoms in total. The van der Waals surface area contributed by atoms with Gasteiger partial charge in [-0.1, -0.05) is 59.6 Å². The first-order valence-corrected chi connectivity index (χ1v) is 10.9. The smallest absolute Gasteiger partial charge is 0.334 e. The highest BCUT2D eigenvalue weighted by molar-refractivity contribution is 7.99. The Hall–Kier alpha value is -2.41. The molecule has 0 radical (unpaired) electrons. The maximum Gasteiger partial charge on any atom is 0.334 e. The molecule has 1 aliphatic rings. The van der Waals surface area contributed by atoms with Crippen LogP contribution in [0.15, 0.2) is 71.6 Å². The van der Waals surface area contributed by atoms with Gasteiger partial charge in [0.1, 0.15) is 0 Å². The molecule has 30 heavy (non-hydrogen) atoms. The highest BCUT2D eigenvalue weighted by Gasteiger charge is 2.38. The lowest BCUT2D eigenvalue weighted by molar-refractivity contribution is -0.133.